The van der Waals surface area contributed by atoms with Crippen LogP contribution in [0.3, 0.4) is 0 Å². The number of hydrogen-bond acceptors (Lipinski definition) is 5. The third kappa shape index (κ3) is 57.3. The van der Waals surface area contributed by atoms with E-state index in [0.29, 0.717) is 12.8 Å². The summed E-state index contributed by atoms with van der Waals surface area (Å²) in [5, 5.41) is 9.65. The summed E-state index contributed by atoms with van der Waals surface area (Å²) in [5.74, 6) is -0.590. The van der Waals surface area contributed by atoms with Crippen LogP contribution in [0.1, 0.15) is 277 Å². The van der Waals surface area contributed by atoms with Crippen molar-refractivity contribution in [3.8, 4) is 0 Å². The Morgan fingerprint density at radius 2 is 0.623 bits per heavy atom. The molecule has 0 amide bonds. The molecule has 0 spiro atoms. The van der Waals surface area contributed by atoms with Crippen molar-refractivity contribution in [1.82, 2.24) is 0 Å². The number of unbranched alkanes of at least 4 members (excludes halogenated alkanes) is 29. The first-order valence-electron chi connectivity index (χ1n) is 29.3. The molecule has 0 fully saturated rings. The minimum Gasteiger partial charge on any atom is -0.462 e. The maximum Gasteiger partial charge on any atom is 0.306 e. The quantitative estimate of drug-likeness (QED) is 0.0374. The fraction of sp³-hybridized carbons (Fsp3) is 0.719. The lowest BCUT2D eigenvalue weighted by molar-refractivity contribution is -0.161. The second kappa shape index (κ2) is 59.1. The van der Waals surface area contributed by atoms with Gasteiger partial charge in [0.05, 0.1) is 6.61 Å². The van der Waals surface area contributed by atoms with Crippen molar-refractivity contribution < 1.29 is 24.2 Å². The Morgan fingerprint density at radius 3 is 0.957 bits per heavy atom. The van der Waals surface area contributed by atoms with Gasteiger partial charge in [-0.2, -0.15) is 0 Å². The molecule has 0 aliphatic heterocycles. The van der Waals surface area contributed by atoms with Gasteiger partial charge >= 0.3 is 11.9 Å². The molecule has 1 atom stereocenters. The molecule has 0 aromatic carbocycles. The van der Waals surface area contributed by atoms with E-state index in [1.54, 1.807) is 0 Å². The van der Waals surface area contributed by atoms with Crippen molar-refractivity contribution in [3.05, 3.63) is 97.2 Å². The molecule has 0 heterocycles. The van der Waals surface area contributed by atoms with Crippen molar-refractivity contribution in [2.75, 3.05) is 13.2 Å². The molecule has 0 aliphatic carbocycles. The highest BCUT2D eigenvalue weighted by Gasteiger charge is 2.16. The molecule has 0 aromatic heterocycles. The van der Waals surface area contributed by atoms with Crippen LogP contribution >= 0.6 is 0 Å². The highest BCUT2D eigenvalue weighted by Crippen LogP contribution is 2.16. The van der Waals surface area contributed by atoms with Crippen LogP contribution in [0.25, 0.3) is 0 Å². The molecule has 0 aromatic rings. The fourth-order valence-corrected chi connectivity index (χ4v) is 8.24. The first kappa shape index (κ1) is 65.8. The number of ether oxygens (including phenoxy) is 2. The fourth-order valence-electron chi connectivity index (χ4n) is 8.24. The van der Waals surface area contributed by atoms with Crippen LogP contribution in [0.15, 0.2) is 97.2 Å². The lowest BCUT2D eigenvalue weighted by Crippen LogP contribution is -2.28. The zero-order valence-corrected chi connectivity index (χ0v) is 45.3. The van der Waals surface area contributed by atoms with Gasteiger partial charge in [-0.1, -0.05) is 265 Å². The summed E-state index contributed by atoms with van der Waals surface area (Å²) in [7, 11) is 0. The molecule has 5 heteroatoms. The van der Waals surface area contributed by atoms with E-state index in [-0.39, 0.29) is 25.2 Å². The Hall–Kier alpha value is -3.18. The van der Waals surface area contributed by atoms with E-state index in [2.05, 4.69) is 111 Å². The first-order valence-corrected chi connectivity index (χ1v) is 29.3. The van der Waals surface area contributed by atoms with Gasteiger partial charge in [0.25, 0.3) is 0 Å². The maximum atomic E-state index is 12.3. The van der Waals surface area contributed by atoms with Gasteiger partial charge in [0.2, 0.25) is 0 Å². The zero-order valence-electron chi connectivity index (χ0n) is 45.3. The van der Waals surface area contributed by atoms with Crippen molar-refractivity contribution in [2.24, 2.45) is 0 Å². The van der Waals surface area contributed by atoms with E-state index in [4.69, 9.17) is 9.47 Å². The van der Waals surface area contributed by atoms with Crippen LogP contribution in [0.5, 0.6) is 0 Å². The largest absolute Gasteiger partial charge is 0.462 e. The summed E-state index contributed by atoms with van der Waals surface area (Å²) < 4.78 is 10.7. The van der Waals surface area contributed by atoms with Gasteiger partial charge < -0.3 is 14.6 Å². The molecule has 0 radical (unpaired) electrons. The molecular weight excluding hydrogens is 849 g/mol. The van der Waals surface area contributed by atoms with Crippen LogP contribution in [0.2, 0.25) is 0 Å². The van der Waals surface area contributed by atoms with Crippen molar-refractivity contribution in [1.29, 1.82) is 0 Å². The lowest BCUT2D eigenvalue weighted by atomic mass is 10.0. The molecule has 69 heavy (non-hydrogen) atoms. The predicted molar refractivity (Wildman–Crippen MR) is 302 cm³/mol. The van der Waals surface area contributed by atoms with E-state index in [0.717, 1.165) is 83.5 Å². The van der Waals surface area contributed by atoms with E-state index in [9.17, 15) is 14.7 Å². The second-order valence-electron chi connectivity index (χ2n) is 19.3. The number of allylic oxidation sites excluding steroid dienone is 16. The average Bonchev–Trinajstić information content (AvgIpc) is 3.35. The standard InChI is InChI=1S/C64H110O5/c1-3-5-7-9-11-13-15-17-19-21-23-24-25-26-27-28-29-30-31-32-33-34-35-36-37-38-39-40-41-43-45-47-49-51-53-55-57-59-64(67)69-62(60-65)61-68-63(66)58-56-54-52-50-48-46-44-42-22-20-18-16-14-12-10-8-6-4-2/h5,7,11,13,17,19-20,22-24,26-27,29-30,32-33,62,65H,3-4,6,8-10,12,14-16,18,21,25,28,31,34-61H2,1-2H3/b7-5-,13-11-,19-17-,22-20-,24-23-,27-26-,30-29-,33-32-. The molecular formula is C64H110O5. The topological polar surface area (TPSA) is 72.8 Å². The Bertz CT molecular complexity index is 1310. The number of hydrogen-bond donors (Lipinski definition) is 1. The van der Waals surface area contributed by atoms with Crippen LogP contribution in [0, 0.1) is 0 Å². The minimum atomic E-state index is -0.778. The molecule has 0 bridgehead atoms. The maximum absolute atomic E-state index is 12.3. The van der Waals surface area contributed by atoms with E-state index < -0.39 is 6.10 Å². The van der Waals surface area contributed by atoms with Crippen LogP contribution in [0.4, 0.5) is 0 Å². The van der Waals surface area contributed by atoms with Crippen LogP contribution < -0.4 is 0 Å². The van der Waals surface area contributed by atoms with Gasteiger partial charge in [-0.25, -0.2) is 0 Å². The average molecular weight is 960 g/mol. The molecule has 5 nitrogen and oxygen atoms in total. The number of carbonyl (C=O) groups is 2. The lowest BCUT2D eigenvalue weighted by Gasteiger charge is -2.15. The number of rotatable bonds is 53. The van der Waals surface area contributed by atoms with Crippen molar-refractivity contribution in [2.45, 2.75) is 283 Å². The minimum absolute atomic E-state index is 0.0691. The summed E-state index contributed by atoms with van der Waals surface area (Å²) in [6.07, 6.45) is 83.9. The zero-order chi connectivity index (χ0) is 49.9. The highest BCUT2D eigenvalue weighted by atomic mass is 16.6. The third-order valence-corrected chi connectivity index (χ3v) is 12.6. The molecule has 0 aliphatic rings. The Balaban J connectivity index is 3.50. The van der Waals surface area contributed by atoms with Gasteiger partial charge in [-0.3, -0.25) is 9.59 Å². The van der Waals surface area contributed by atoms with E-state index in [1.165, 1.54) is 167 Å². The van der Waals surface area contributed by atoms with Crippen molar-refractivity contribution in [3.63, 3.8) is 0 Å². The Labute approximate surface area is 428 Å². The molecule has 0 rings (SSSR count). The summed E-state index contributed by atoms with van der Waals surface area (Å²) in [6.45, 7) is 4.04. The van der Waals surface area contributed by atoms with Gasteiger partial charge in [-0.15, -0.1) is 0 Å². The molecule has 396 valence electrons. The summed E-state index contributed by atoms with van der Waals surface area (Å²) in [6, 6.07) is 0. The van der Waals surface area contributed by atoms with Gasteiger partial charge in [0, 0.05) is 12.8 Å². The molecule has 1 N–H and O–H groups in total. The van der Waals surface area contributed by atoms with Gasteiger partial charge in [0.1, 0.15) is 6.61 Å². The summed E-state index contributed by atoms with van der Waals surface area (Å²) in [4.78, 5) is 24.5. The van der Waals surface area contributed by atoms with Crippen LogP contribution in [-0.4, -0.2) is 36.4 Å². The van der Waals surface area contributed by atoms with Gasteiger partial charge in [0.15, 0.2) is 6.10 Å². The molecule has 1 unspecified atom stereocenters. The van der Waals surface area contributed by atoms with Crippen molar-refractivity contribution >= 4 is 11.9 Å². The van der Waals surface area contributed by atoms with Crippen LogP contribution in [-0.2, 0) is 19.1 Å². The summed E-state index contributed by atoms with van der Waals surface area (Å²) in [5.41, 5.74) is 0. The smallest absolute Gasteiger partial charge is 0.306 e. The second-order valence-corrected chi connectivity index (χ2v) is 19.3. The number of aliphatic hydroxyl groups is 1. The van der Waals surface area contributed by atoms with E-state index in [1.807, 2.05) is 0 Å². The number of carbonyl (C=O) groups excluding carboxylic acids is 2. The summed E-state index contributed by atoms with van der Waals surface area (Å²) >= 11 is 0. The third-order valence-electron chi connectivity index (χ3n) is 12.6. The Kier molecular flexibility index (Phi) is 56.4. The SMILES string of the molecule is CC/C=C\C/C=C\C/C=C\C/C=C\C/C=C\C/C=C\C/C=C\CCCCCCCCCCCCCCCCCC(=O)OC(CO)COC(=O)CCCCCCCCC/C=C\CCCCCCCCC. The Morgan fingerprint density at radius 1 is 0.348 bits per heavy atom. The first-order chi connectivity index (χ1) is 34.1. The number of esters is 2. The van der Waals surface area contributed by atoms with Gasteiger partial charge in [-0.05, 0) is 96.3 Å². The molecule has 0 saturated heterocycles. The number of aliphatic hydroxyl groups excluding tert-OH is 1. The van der Waals surface area contributed by atoms with E-state index >= 15 is 0 Å². The monoisotopic (exact) mass is 959 g/mol. The highest BCUT2D eigenvalue weighted by molar-refractivity contribution is 5.70. The molecule has 0 saturated carbocycles. The normalized spacial score (nSPS) is 12.9. The predicted octanol–water partition coefficient (Wildman–Crippen LogP) is 19.9.